The Morgan fingerprint density at radius 2 is 2.00 bits per heavy atom. The fraction of sp³-hybridized carbons (Fsp3) is 0.0833. The molecule has 8 heteroatoms. The van der Waals surface area contributed by atoms with Gasteiger partial charge in [0.25, 0.3) is 15.6 Å². The molecule has 0 saturated carbocycles. The van der Waals surface area contributed by atoms with Crippen LogP contribution >= 0.6 is 11.6 Å². The van der Waals surface area contributed by atoms with Crippen LogP contribution in [0.2, 0.25) is 5.02 Å². The van der Waals surface area contributed by atoms with Gasteiger partial charge in [0.15, 0.2) is 0 Å². The van der Waals surface area contributed by atoms with E-state index in [1.807, 2.05) is 0 Å². The Hall–Kier alpha value is -1.86. The molecule has 0 radical (unpaired) electrons. The summed E-state index contributed by atoms with van der Waals surface area (Å²) in [5.41, 5.74) is 0.0883. The third-order valence-electron chi connectivity index (χ3n) is 2.59. The maximum absolute atomic E-state index is 13.1. The predicted molar refractivity (Wildman–Crippen MR) is 74.0 cm³/mol. The Labute approximate surface area is 119 Å². The van der Waals surface area contributed by atoms with Gasteiger partial charge in [0.05, 0.1) is 5.69 Å². The average molecular weight is 317 g/mol. The first-order valence-corrected chi connectivity index (χ1v) is 7.33. The van der Waals surface area contributed by atoms with Crippen molar-refractivity contribution in [2.24, 2.45) is 0 Å². The van der Waals surface area contributed by atoms with E-state index in [-0.39, 0.29) is 15.6 Å². The number of benzene rings is 1. The van der Waals surface area contributed by atoms with Gasteiger partial charge in [-0.2, -0.15) is 0 Å². The molecule has 0 amide bonds. The summed E-state index contributed by atoms with van der Waals surface area (Å²) in [6.07, 6.45) is 1.02. The quantitative estimate of drug-likeness (QED) is 0.911. The molecule has 0 unspecified atom stereocenters. The lowest BCUT2D eigenvalue weighted by Gasteiger charge is -2.10. The first-order chi connectivity index (χ1) is 9.29. The van der Waals surface area contributed by atoms with E-state index < -0.39 is 21.4 Å². The molecule has 0 aliphatic heterocycles. The first-order valence-electron chi connectivity index (χ1n) is 5.47. The first kappa shape index (κ1) is 14.5. The number of aromatic amines is 1. The van der Waals surface area contributed by atoms with E-state index in [0.717, 1.165) is 18.3 Å². The molecule has 1 aromatic carbocycles. The minimum atomic E-state index is -3.96. The Balaban J connectivity index is 2.43. The molecule has 0 spiro atoms. The summed E-state index contributed by atoms with van der Waals surface area (Å²) in [4.78, 5) is 13.1. The normalized spacial score (nSPS) is 11.3. The summed E-state index contributed by atoms with van der Waals surface area (Å²) in [5, 5.41) is -0.246. The van der Waals surface area contributed by atoms with Crippen molar-refractivity contribution in [1.82, 2.24) is 4.98 Å². The molecule has 0 aliphatic rings. The van der Waals surface area contributed by atoms with Gasteiger partial charge in [-0.15, -0.1) is 0 Å². The summed E-state index contributed by atoms with van der Waals surface area (Å²) in [7, 11) is -3.96. The maximum atomic E-state index is 13.1. The van der Waals surface area contributed by atoms with E-state index in [2.05, 4.69) is 9.71 Å². The van der Waals surface area contributed by atoms with E-state index >= 15 is 0 Å². The Morgan fingerprint density at radius 3 is 2.65 bits per heavy atom. The molecular formula is C12H10ClFN2O3S. The smallest absolute Gasteiger partial charge is 0.266 e. The molecule has 0 atom stereocenters. The molecule has 5 nitrogen and oxygen atoms in total. The number of aryl methyl sites for hydroxylation is 1. The van der Waals surface area contributed by atoms with Gasteiger partial charge in [-0.05, 0) is 30.7 Å². The van der Waals surface area contributed by atoms with Gasteiger partial charge >= 0.3 is 0 Å². The van der Waals surface area contributed by atoms with Gasteiger partial charge < -0.3 is 4.98 Å². The lowest BCUT2D eigenvalue weighted by Crippen LogP contribution is -2.16. The number of nitrogens with one attached hydrogen (secondary N) is 2. The second kappa shape index (κ2) is 5.26. The maximum Gasteiger partial charge on any atom is 0.266 e. The van der Waals surface area contributed by atoms with Crippen molar-refractivity contribution in [3.05, 3.63) is 57.2 Å². The number of hydrogen-bond acceptors (Lipinski definition) is 3. The minimum Gasteiger partial charge on any atom is -0.326 e. The number of pyridine rings is 1. The van der Waals surface area contributed by atoms with Crippen molar-refractivity contribution in [1.29, 1.82) is 0 Å². The van der Waals surface area contributed by atoms with Crippen LogP contribution in [0.15, 0.2) is 40.2 Å². The Morgan fingerprint density at radius 1 is 1.30 bits per heavy atom. The highest BCUT2D eigenvalue weighted by atomic mass is 35.5. The Kier molecular flexibility index (Phi) is 3.82. The minimum absolute atomic E-state index is 0.118. The molecule has 0 bridgehead atoms. The summed E-state index contributed by atoms with van der Waals surface area (Å²) >= 11 is 5.58. The summed E-state index contributed by atoms with van der Waals surface area (Å²) < 4.78 is 39.6. The molecule has 106 valence electrons. The number of H-pyrrole nitrogens is 1. The van der Waals surface area contributed by atoms with E-state index in [0.29, 0.717) is 5.56 Å². The molecule has 20 heavy (non-hydrogen) atoms. The zero-order valence-corrected chi connectivity index (χ0v) is 11.8. The number of hydrogen-bond donors (Lipinski definition) is 2. The van der Waals surface area contributed by atoms with Crippen molar-refractivity contribution >= 4 is 27.3 Å². The van der Waals surface area contributed by atoms with Crippen LogP contribution in [0.3, 0.4) is 0 Å². The number of anilines is 1. The van der Waals surface area contributed by atoms with E-state index in [1.165, 1.54) is 12.1 Å². The lowest BCUT2D eigenvalue weighted by molar-refractivity contribution is 0.600. The topological polar surface area (TPSA) is 79.0 Å². The van der Waals surface area contributed by atoms with Crippen LogP contribution in [0.1, 0.15) is 5.56 Å². The standard InChI is InChI=1S/C12H10ClFN2O3S/c1-7-2-3-8(14)4-11(7)16-20(18,19)9-5-10(13)12(17)15-6-9/h2-6,16H,1H3,(H,15,17). The van der Waals surface area contributed by atoms with E-state index in [4.69, 9.17) is 11.6 Å². The third kappa shape index (κ3) is 3.00. The highest BCUT2D eigenvalue weighted by molar-refractivity contribution is 7.92. The zero-order valence-electron chi connectivity index (χ0n) is 10.3. The highest BCUT2D eigenvalue weighted by Crippen LogP contribution is 2.20. The molecule has 2 rings (SSSR count). The van der Waals surface area contributed by atoms with Crippen LogP contribution in [0, 0.1) is 12.7 Å². The predicted octanol–water partition coefficient (Wildman–Crippen LogP) is 2.28. The fourth-order valence-electron chi connectivity index (χ4n) is 1.50. The fourth-order valence-corrected chi connectivity index (χ4v) is 2.85. The number of halogens is 2. The summed E-state index contributed by atoms with van der Waals surface area (Å²) in [6.45, 7) is 1.64. The molecule has 0 saturated heterocycles. The molecule has 0 fully saturated rings. The Bertz CT molecular complexity index is 818. The summed E-state index contributed by atoms with van der Waals surface area (Å²) in [6, 6.07) is 4.77. The van der Waals surface area contributed by atoms with Crippen LogP contribution in [-0.4, -0.2) is 13.4 Å². The largest absolute Gasteiger partial charge is 0.326 e. The number of rotatable bonds is 3. The number of aromatic nitrogens is 1. The molecule has 1 aromatic heterocycles. The van der Waals surface area contributed by atoms with E-state index in [9.17, 15) is 17.6 Å². The van der Waals surface area contributed by atoms with Crippen molar-refractivity contribution < 1.29 is 12.8 Å². The van der Waals surface area contributed by atoms with Gasteiger partial charge in [0.1, 0.15) is 15.7 Å². The van der Waals surface area contributed by atoms with Crippen LogP contribution in [0.4, 0.5) is 10.1 Å². The van der Waals surface area contributed by atoms with Crippen molar-refractivity contribution in [3.63, 3.8) is 0 Å². The van der Waals surface area contributed by atoms with Crippen LogP contribution in [0.25, 0.3) is 0 Å². The van der Waals surface area contributed by atoms with Crippen molar-refractivity contribution in [3.8, 4) is 0 Å². The SMILES string of the molecule is Cc1ccc(F)cc1NS(=O)(=O)c1c[nH]c(=O)c(Cl)c1. The monoisotopic (exact) mass is 316 g/mol. The summed E-state index contributed by atoms with van der Waals surface area (Å²) in [5.74, 6) is -0.562. The van der Waals surface area contributed by atoms with Crippen molar-refractivity contribution in [2.45, 2.75) is 11.8 Å². The average Bonchev–Trinajstić information content (AvgIpc) is 2.36. The van der Waals surface area contributed by atoms with Crippen molar-refractivity contribution in [2.75, 3.05) is 4.72 Å². The zero-order chi connectivity index (χ0) is 14.9. The molecule has 0 aliphatic carbocycles. The third-order valence-corrected chi connectivity index (χ3v) is 4.21. The second-order valence-electron chi connectivity index (χ2n) is 4.08. The van der Waals surface area contributed by atoms with E-state index in [1.54, 1.807) is 6.92 Å². The van der Waals surface area contributed by atoms with Crippen LogP contribution < -0.4 is 10.3 Å². The van der Waals surface area contributed by atoms with Gasteiger partial charge in [0, 0.05) is 6.20 Å². The molecular weight excluding hydrogens is 307 g/mol. The van der Waals surface area contributed by atoms with Crippen LogP contribution in [-0.2, 0) is 10.0 Å². The highest BCUT2D eigenvalue weighted by Gasteiger charge is 2.17. The van der Waals surface area contributed by atoms with Crippen LogP contribution in [0.5, 0.6) is 0 Å². The van der Waals surface area contributed by atoms with Gasteiger partial charge in [-0.3, -0.25) is 9.52 Å². The molecule has 2 N–H and O–H groups in total. The number of sulfonamides is 1. The lowest BCUT2D eigenvalue weighted by atomic mass is 10.2. The van der Waals surface area contributed by atoms with Gasteiger partial charge in [0.2, 0.25) is 0 Å². The molecule has 1 heterocycles. The van der Waals surface area contributed by atoms with Gasteiger partial charge in [-0.1, -0.05) is 17.7 Å². The van der Waals surface area contributed by atoms with Gasteiger partial charge in [-0.25, -0.2) is 12.8 Å². The second-order valence-corrected chi connectivity index (χ2v) is 6.17. The molecule has 2 aromatic rings.